The minimum absolute atomic E-state index is 0.707. The molecule has 1 aromatic carbocycles. The second kappa shape index (κ2) is 8.25. The van der Waals surface area contributed by atoms with Crippen molar-refractivity contribution in [2.75, 3.05) is 6.61 Å². The lowest BCUT2D eigenvalue weighted by Crippen LogP contribution is -1.91. The molecule has 0 heterocycles. The molecule has 1 heteroatoms. The summed E-state index contributed by atoms with van der Waals surface area (Å²) in [5.41, 5.74) is 1.24. The first kappa shape index (κ1) is 12.0. The fraction of sp³-hybridized carbons (Fsp3) is 0.429. The minimum atomic E-state index is 0.707. The number of ether oxygens (including phenoxy) is 1. The Labute approximate surface area is 92.8 Å². The van der Waals surface area contributed by atoms with Gasteiger partial charge in [0.1, 0.15) is 0 Å². The Kier molecular flexibility index (Phi) is 6.59. The summed E-state index contributed by atoms with van der Waals surface area (Å²) in [5, 5.41) is 0. The number of rotatable bonds is 7. The summed E-state index contributed by atoms with van der Waals surface area (Å²) >= 11 is 0. The Morgan fingerprint density at radius 1 is 1.13 bits per heavy atom. The lowest BCUT2D eigenvalue weighted by Gasteiger charge is -2.00. The summed E-state index contributed by atoms with van der Waals surface area (Å²) in [6.07, 6.45) is 8.02. The van der Waals surface area contributed by atoms with Crippen molar-refractivity contribution in [3.05, 3.63) is 48.0 Å². The van der Waals surface area contributed by atoms with Gasteiger partial charge in [-0.1, -0.05) is 62.2 Å². The third-order valence-corrected chi connectivity index (χ3v) is 2.22. The van der Waals surface area contributed by atoms with Crippen LogP contribution in [0.4, 0.5) is 0 Å². The summed E-state index contributed by atoms with van der Waals surface area (Å²) in [6.45, 7) is 3.64. The number of unbranched alkanes of at least 4 members (excludes halogenated alkanes) is 2. The van der Waals surface area contributed by atoms with E-state index >= 15 is 0 Å². The molecule has 0 spiro atoms. The largest absolute Gasteiger partial charge is 0.373 e. The first-order valence-corrected chi connectivity index (χ1v) is 5.70. The average molecular weight is 204 g/mol. The Hall–Kier alpha value is -1.08. The molecule has 0 aliphatic rings. The second-order valence-electron chi connectivity index (χ2n) is 3.61. The maximum Gasteiger partial charge on any atom is 0.0721 e. The van der Waals surface area contributed by atoms with E-state index in [1.807, 2.05) is 18.2 Å². The number of hydrogen-bond donors (Lipinski definition) is 0. The number of benzene rings is 1. The molecule has 15 heavy (non-hydrogen) atoms. The van der Waals surface area contributed by atoms with Gasteiger partial charge in [-0.2, -0.15) is 0 Å². The van der Waals surface area contributed by atoms with Crippen LogP contribution in [0.1, 0.15) is 31.7 Å². The highest BCUT2D eigenvalue weighted by Gasteiger charge is 1.88. The van der Waals surface area contributed by atoms with E-state index in [1.54, 1.807) is 0 Å². The van der Waals surface area contributed by atoms with E-state index < -0.39 is 0 Å². The maximum absolute atomic E-state index is 5.51. The van der Waals surface area contributed by atoms with Crippen molar-refractivity contribution in [1.29, 1.82) is 0 Å². The fourth-order valence-corrected chi connectivity index (χ4v) is 1.33. The molecule has 0 aromatic heterocycles. The van der Waals surface area contributed by atoms with Gasteiger partial charge < -0.3 is 4.74 Å². The first-order chi connectivity index (χ1) is 7.43. The molecule has 0 aliphatic carbocycles. The standard InChI is InChI=1S/C14H20O/c1-2-3-4-5-9-12-15-13-14-10-7-6-8-11-14/h5-11H,2-4,12-13H2,1H3. The summed E-state index contributed by atoms with van der Waals surface area (Å²) < 4.78 is 5.51. The molecule has 0 fully saturated rings. The van der Waals surface area contributed by atoms with Gasteiger partial charge in [0.2, 0.25) is 0 Å². The highest BCUT2D eigenvalue weighted by molar-refractivity contribution is 5.13. The monoisotopic (exact) mass is 204 g/mol. The lowest BCUT2D eigenvalue weighted by molar-refractivity contribution is 0.148. The molecule has 1 nitrogen and oxygen atoms in total. The molecule has 0 unspecified atom stereocenters. The molecule has 0 saturated carbocycles. The highest BCUT2D eigenvalue weighted by atomic mass is 16.5. The summed E-state index contributed by atoms with van der Waals surface area (Å²) in [4.78, 5) is 0. The molecule has 0 amide bonds. The van der Waals surface area contributed by atoms with Gasteiger partial charge in [0.05, 0.1) is 13.2 Å². The van der Waals surface area contributed by atoms with Crippen molar-refractivity contribution < 1.29 is 4.74 Å². The quantitative estimate of drug-likeness (QED) is 0.482. The van der Waals surface area contributed by atoms with Crippen molar-refractivity contribution in [1.82, 2.24) is 0 Å². The molecule has 0 atom stereocenters. The van der Waals surface area contributed by atoms with Crippen LogP contribution in [0.3, 0.4) is 0 Å². The smallest absolute Gasteiger partial charge is 0.0721 e. The van der Waals surface area contributed by atoms with Crippen LogP contribution in [0.25, 0.3) is 0 Å². The Morgan fingerprint density at radius 3 is 2.67 bits per heavy atom. The van der Waals surface area contributed by atoms with E-state index in [0.29, 0.717) is 6.61 Å². The van der Waals surface area contributed by atoms with Gasteiger partial charge in [-0.3, -0.25) is 0 Å². The van der Waals surface area contributed by atoms with Gasteiger partial charge in [0, 0.05) is 0 Å². The first-order valence-electron chi connectivity index (χ1n) is 5.70. The molecule has 1 aromatic rings. The van der Waals surface area contributed by atoms with Crippen molar-refractivity contribution in [3.8, 4) is 0 Å². The van der Waals surface area contributed by atoms with Crippen LogP contribution in [0.5, 0.6) is 0 Å². The normalized spacial score (nSPS) is 11.0. The van der Waals surface area contributed by atoms with Crippen molar-refractivity contribution in [2.45, 2.75) is 32.8 Å². The third-order valence-electron chi connectivity index (χ3n) is 2.22. The Balaban J connectivity index is 2.04. The zero-order valence-electron chi connectivity index (χ0n) is 9.49. The summed E-state index contributed by atoms with van der Waals surface area (Å²) in [5.74, 6) is 0. The van der Waals surface area contributed by atoms with E-state index in [-0.39, 0.29) is 0 Å². The van der Waals surface area contributed by atoms with Crippen LogP contribution in [0, 0.1) is 0 Å². The second-order valence-corrected chi connectivity index (χ2v) is 3.61. The van der Waals surface area contributed by atoms with Crippen LogP contribution in [0.2, 0.25) is 0 Å². The van der Waals surface area contributed by atoms with Gasteiger partial charge in [-0.25, -0.2) is 0 Å². The van der Waals surface area contributed by atoms with E-state index in [0.717, 1.165) is 6.61 Å². The van der Waals surface area contributed by atoms with Crippen molar-refractivity contribution in [2.24, 2.45) is 0 Å². The number of hydrogen-bond acceptors (Lipinski definition) is 1. The predicted octanol–water partition coefficient (Wildman–Crippen LogP) is 3.95. The zero-order chi connectivity index (χ0) is 10.8. The van der Waals surface area contributed by atoms with Gasteiger partial charge >= 0.3 is 0 Å². The Morgan fingerprint density at radius 2 is 1.93 bits per heavy atom. The molecule has 1 rings (SSSR count). The zero-order valence-corrected chi connectivity index (χ0v) is 9.49. The van der Waals surface area contributed by atoms with Crippen LogP contribution in [0.15, 0.2) is 42.5 Å². The molecule has 0 radical (unpaired) electrons. The van der Waals surface area contributed by atoms with Crippen LogP contribution >= 0.6 is 0 Å². The molecular weight excluding hydrogens is 184 g/mol. The van der Waals surface area contributed by atoms with E-state index in [9.17, 15) is 0 Å². The average Bonchev–Trinajstić information content (AvgIpc) is 2.29. The third kappa shape index (κ3) is 6.08. The van der Waals surface area contributed by atoms with E-state index in [2.05, 4.69) is 31.2 Å². The lowest BCUT2D eigenvalue weighted by atomic mass is 10.2. The van der Waals surface area contributed by atoms with E-state index in [1.165, 1.54) is 24.8 Å². The van der Waals surface area contributed by atoms with E-state index in [4.69, 9.17) is 4.74 Å². The highest BCUT2D eigenvalue weighted by Crippen LogP contribution is 2.00. The van der Waals surface area contributed by atoms with Gasteiger partial charge in [-0.15, -0.1) is 0 Å². The van der Waals surface area contributed by atoms with Gasteiger partial charge in [-0.05, 0) is 12.0 Å². The molecule has 0 aliphatic heterocycles. The molecule has 0 bridgehead atoms. The molecular formula is C14H20O. The summed E-state index contributed by atoms with van der Waals surface area (Å²) in [7, 11) is 0. The molecule has 0 saturated heterocycles. The van der Waals surface area contributed by atoms with Gasteiger partial charge in [0.15, 0.2) is 0 Å². The van der Waals surface area contributed by atoms with Crippen LogP contribution in [-0.4, -0.2) is 6.61 Å². The van der Waals surface area contributed by atoms with Crippen molar-refractivity contribution >= 4 is 0 Å². The van der Waals surface area contributed by atoms with Crippen LogP contribution in [-0.2, 0) is 11.3 Å². The summed E-state index contributed by atoms with van der Waals surface area (Å²) in [6, 6.07) is 10.3. The predicted molar refractivity (Wildman–Crippen MR) is 64.8 cm³/mol. The maximum atomic E-state index is 5.51. The van der Waals surface area contributed by atoms with Gasteiger partial charge in [0.25, 0.3) is 0 Å². The fourth-order valence-electron chi connectivity index (χ4n) is 1.33. The SMILES string of the molecule is CCCCC=CCOCc1ccccc1. The van der Waals surface area contributed by atoms with Crippen LogP contribution < -0.4 is 0 Å². The topological polar surface area (TPSA) is 9.23 Å². The van der Waals surface area contributed by atoms with Crippen molar-refractivity contribution in [3.63, 3.8) is 0 Å². The Bertz CT molecular complexity index is 264. The minimum Gasteiger partial charge on any atom is -0.373 e. The number of allylic oxidation sites excluding steroid dienone is 1. The molecule has 82 valence electrons. The molecule has 0 N–H and O–H groups in total.